The maximum Gasteiger partial charge on any atom is 0.161 e. The summed E-state index contributed by atoms with van der Waals surface area (Å²) >= 11 is 0. The van der Waals surface area contributed by atoms with E-state index in [1.54, 1.807) is 0 Å². The number of Topliss-reactive ketones (excluding diaryl/α,β-unsaturated/α-hetero) is 1. The number of likely N-dealkylation sites (tertiary alicyclic amines) is 1. The van der Waals surface area contributed by atoms with Crippen LogP contribution in [0.15, 0.2) is 36.4 Å². The van der Waals surface area contributed by atoms with E-state index in [9.17, 15) is 20.1 Å². The summed E-state index contributed by atoms with van der Waals surface area (Å²) in [6.45, 7) is 0.752. The minimum atomic E-state index is -1.13. The number of rotatable bonds is 0. The second-order valence-electron chi connectivity index (χ2n) is 10.1. The lowest BCUT2D eigenvalue weighted by molar-refractivity contribution is -0.190. The lowest BCUT2D eigenvalue weighted by Crippen LogP contribution is -2.75. The highest BCUT2D eigenvalue weighted by molar-refractivity contribution is 5.90. The molecular weight excluding hydrogens is 378 g/mol. The summed E-state index contributed by atoms with van der Waals surface area (Å²) in [5, 5.41) is 33.6. The lowest BCUT2D eigenvalue weighted by atomic mass is 9.44. The van der Waals surface area contributed by atoms with Gasteiger partial charge in [-0.2, -0.15) is 0 Å². The number of carbonyl (C=O) groups excluding carboxylic acids is 1. The number of benzene rings is 2. The minimum Gasteiger partial charge on any atom is -0.504 e. The maximum atomic E-state index is 13.8. The van der Waals surface area contributed by atoms with Crippen LogP contribution in [-0.4, -0.2) is 51.2 Å². The van der Waals surface area contributed by atoms with Gasteiger partial charge in [-0.05, 0) is 68.5 Å². The number of likely N-dealkylation sites (N-methyl/N-ethyl adjacent to an activating group) is 1. The van der Waals surface area contributed by atoms with Crippen molar-refractivity contribution in [2.45, 2.75) is 55.6 Å². The van der Waals surface area contributed by atoms with Gasteiger partial charge in [-0.1, -0.05) is 30.3 Å². The Hall–Kier alpha value is -2.37. The number of hydrogen-bond donors (Lipinski definition) is 3. The second-order valence-corrected chi connectivity index (χ2v) is 10.1. The molecule has 2 aromatic carbocycles. The van der Waals surface area contributed by atoms with Crippen molar-refractivity contribution >= 4 is 5.78 Å². The highest BCUT2D eigenvalue weighted by Gasteiger charge is 2.70. The summed E-state index contributed by atoms with van der Waals surface area (Å²) in [5.41, 5.74) is 1.40. The molecule has 3 aliphatic carbocycles. The Bertz CT molecular complexity index is 1070. The lowest BCUT2D eigenvalue weighted by Gasteiger charge is -2.65. The van der Waals surface area contributed by atoms with E-state index < -0.39 is 16.4 Å². The van der Waals surface area contributed by atoms with Crippen molar-refractivity contribution in [3.05, 3.63) is 58.7 Å². The molecule has 6 rings (SSSR count). The Kier molecular flexibility index (Phi) is 3.47. The number of fused-ring (bicyclic) bond motifs is 2. The van der Waals surface area contributed by atoms with Crippen LogP contribution in [0.2, 0.25) is 0 Å². The van der Waals surface area contributed by atoms with Gasteiger partial charge in [0.2, 0.25) is 0 Å². The molecule has 0 radical (unpaired) electrons. The smallest absolute Gasteiger partial charge is 0.161 e. The highest BCUT2D eigenvalue weighted by atomic mass is 16.3. The third kappa shape index (κ3) is 2.02. The van der Waals surface area contributed by atoms with Crippen LogP contribution in [0.25, 0.3) is 0 Å². The fraction of sp³-hybridized carbons (Fsp3) is 0.480. The Balaban J connectivity index is 1.54. The van der Waals surface area contributed by atoms with Crippen LogP contribution in [-0.2, 0) is 29.5 Å². The van der Waals surface area contributed by atoms with Gasteiger partial charge < -0.3 is 20.2 Å². The Morgan fingerprint density at radius 3 is 2.40 bits per heavy atom. The molecule has 1 saturated carbocycles. The molecule has 2 bridgehead atoms. The monoisotopic (exact) mass is 405 g/mol. The number of carbonyl (C=O) groups is 1. The summed E-state index contributed by atoms with van der Waals surface area (Å²) in [6.07, 6.45) is 3.17. The van der Waals surface area contributed by atoms with E-state index >= 15 is 0 Å². The van der Waals surface area contributed by atoms with Crippen molar-refractivity contribution in [2.75, 3.05) is 13.6 Å². The molecule has 2 aromatic rings. The first-order valence-electron chi connectivity index (χ1n) is 10.9. The first kappa shape index (κ1) is 18.4. The fourth-order valence-corrected chi connectivity index (χ4v) is 7.33. The van der Waals surface area contributed by atoms with E-state index in [2.05, 4.69) is 17.0 Å². The third-order valence-corrected chi connectivity index (χ3v) is 8.78. The summed E-state index contributed by atoms with van der Waals surface area (Å²) < 4.78 is 0. The zero-order valence-corrected chi connectivity index (χ0v) is 17.2. The van der Waals surface area contributed by atoms with Gasteiger partial charge in [-0.25, -0.2) is 0 Å². The van der Waals surface area contributed by atoms with Crippen molar-refractivity contribution in [3.8, 4) is 11.5 Å². The predicted molar refractivity (Wildman–Crippen MR) is 112 cm³/mol. The zero-order chi connectivity index (χ0) is 20.9. The minimum absolute atomic E-state index is 0.114. The SMILES string of the molecule is CN1CC[C@]23CC(=O)C4(Cc5ccccc5C4)C[C@@]2(O)[C@H]1Cc1ccc(O)c(O)c13. The molecule has 156 valence electrons. The average Bonchev–Trinajstić information content (AvgIpc) is 3.07. The first-order chi connectivity index (χ1) is 14.3. The van der Waals surface area contributed by atoms with Crippen LogP contribution in [0.4, 0.5) is 0 Å². The number of phenolic OH excluding ortho intramolecular Hbond substituents is 2. The quantitative estimate of drug-likeness (QED) is 0.587. The zero-order valence-electron chi connectivity index (χ0n) is 17.2. The standard InChI is InChI=1S/C25H27NO4/c1-26-9-8-24-13-20(28)23(11-16-4-2-3-5-17(16)12-23)14-25(24,30)19(26)10-15-6-7-18(27)22(29)21(15)24/h2-7,19,27,29-30H,8-14H2,1H3/t19-,24-,25-/m1/s1. The predicted octanol–water partition coefficient (Wildman–Crippen LogP) is 2.48. The van der Waals surface area contributed by atoms with E-state index in [1.807, 2.05) is 25.2 Å². The van der Waals surface area contributed by atoms with Crippen LogP contribution in [0, 0.1) is 5.41 Å². The topological polar surface area (TPSA) is 81.0 Å². The molecule has 2 fully saturated rings. The molecule has 3 N–H and O–H groups in total. The van der Waals surface area contributed by atoms with Crippen molar-refractivity contribution in [2.24, 2.45) is 5.41 Å². The normalized spacial score (nSPS) is 33.8. The van der Waals surface area contributed by atoms with Crippen LogP contribution in [0.1, 0.15) is 41.5 Å². The Labute approximate surface area is 176 Å². The number of nitrogens with zero attached hydrogens (tertiary/aromatic N) is 1. The molecule has 5 nitrogen and oxygen atoms in total. The molecular formula is C25H27NO4. The van der Waals surface area contributed by atoms with Gasteiger partial charge in [0.15, 0.2) is 11.5 Å². The highest BCUT2D eigenvalue weighted by Crippen LogP contribution is 2.64. The Morgan fingerprint density at radius 2 is 1.70 bits per heavy atom. The molecule has 4 aliphatic rings. The van der Waals surface area contributed by atoms with Gasteiger partial charge >= 0.3 is 0 Å². The number of aliphatic hydroxyl groups is 1. The van der Waals surface area contributed by atoms with Crippen LogP contribution in [0.3, 0.4) is 0 Å². The van der Waals surface area contributed by atoms with E-state index in [0.29, 0.717) is 37.7 Å². The van der Waals surface area contributed by atoms with Crippen molar-refractivity contribution in [1.29, 1.82) is 0 Å². The maximum absolute atomic E-state index is 13.8. The van der Waals surface area contributed by atoms with Gasteiger partial charge in [-0.3, -0.25) is 4.79 Å². The van der Waals surface area contributed by atoms with E-state index in [-0.39, 0.29) is 29.7 Å². The third-order valence-electron chi connectivity index (χ3n) is 8.78. The Morgan fingerprint density at radius 1 is 1.00 bits per heavy atom. The summed E-state index contributed by atoms with van der Waals surface area (Å²) in [5.74, 6) is -0.154. The van der Waals surface area contributed by atoms with Gasteiger partial charge in [0.25, 0.3) is 0 Å². The van der Waals surface area contributed by atoms with Crippen LogP contribution >= 0.6 is 0 Å². The number of hydrogen-bond acceptors (Lipinski definition) is 5. The molecule has 0 unspecified atom stereocenters. The van der Waals surface area contributed by atoms with Crippen molar-refractivity contribution in [3.63, 3.8) is 0 Å². The van der Waals surface area contributed by atoms with Crippen LogP contribution < -0.4 is 0 Å². The fourth-order valence-electron chi connectivity index (χ4n) is 7.33. The first-order valence-corrected chi connectivity index (χ1v) is 10.9. The van der Waals surface area contributed by atoms with Gasteiger partial charge in [0.1, 0.15) is 5.78 Å². The molecule has 1 heterocycles. The second kappa shape index (κ2) is 5.65. The number of ketones is 1. The molecule has 1 aliphatic heterocycles. The summed E-state index contributed by atoms with van der Waals surface area (Å²) in [6, 6.07) is 11.5. The van der Waals surface area contributed by atoms with Gasteiger partial charge in [0, 0.05) is 28.9 Å². The van der Waals surface area contributed by atoms with Crippen molar-refractivity contribution in [1.82, 2.24) is 4.90 Å². The van der Waals surface area contributed by atoms with Gasteiger partial charge in [0.05, 0.1) is 5.60 Å². The number of phenols is 2. The summed E-state index contributed by atoms with van der Waals surface area (Å²) in [7, 11) is 2.05. The average molecular weight is 405 g/mol. The van der Waals surface area contributed by atoms with Crippen molar-refractivity contribution < 1.29 is 20.1 Å². The van der Waals surface area contributed by atoms with E-state index in [0.717, 1.165) is 12.1 Å². The molecule has 3 atom stereocenters. The molecule has 0 aromatic heterocycles. The summed E-state index contributed by atoms with van der Waals surface area (Å²) in [4.78, 5) is 16.0. The largest absolute Gasteiger partial charge is 0.504 e. The molecule has 0 amide bonds. The molecule has 30 heavy (non-hydrogen) atoms. The van der Waals surface area contributed by atoms with Gasteiger partial charge in [-0.15, -0.1) is 0 Å². The van der Waals surface area contributed by atoms with E-state index in [1.165, 1.54) is 17.2 Å². The van der Waals surface area contributed by atoms with Crippen LogP contribution in [0.5, 0.6) is 11.5 Å². The van der Waals surface area contributed by atoms with E-state index in [4.69, 9.17) is 0 Å². The molecule has 1 saturated heterocycles. The number of piperidine rings is 1. The molecule has 5 heteroatoms. The molecule has 1 spiro atoms. The number of aromatic hydroxyl groups is 2.